The third-order valence-electron chi connectivity index (χ3n) is 3.49. The molecule has 2 amide bonds. The Morgan fingerprint density at radius 1 is 1.14 bits per heavy atom. The van der Waals surface area contributed by atoms with Gasteiger partial charge >= 0.3 is 18.1 Å². The fourth-order valence-electron chi connectivity index (χ4n) is 2.11. The van der Waals surface area contributed by atoms with E-state index in [2.05, 4.69) is 21.2 Å². The van der Waals surface area contributed by atoms with E-state index in [0.717, 1.165) is 6.07 Å². The quantitative estimate of drug-likeness (QED) is 0.591. The molecule has 0 aliphatic carbocycles. The predicted molar refractivity (Wildman–Crippen MR) is 104 cm³/mol. The molecule has 11 heteroatoms. The number of nitrogens with one attached hydrogen (secondary N) is 2. The number of alkyl halides is 3. The molecule has 0 fully saturated rings. The molecule has 0 aliphatic heterocycles. The van der Waals surface area contributed by atoms with Crippen LogP contribution in [0.25, 0.3) is 0 Å². The summed E-state index contributed by atoms with van der Waals surface area (Å²) < 4.78 is 42.4. The highest BCUT2D eigenvalue weighted by molar-refractivity contribution is 9.10. The lowest BCUT2D eigenvalue weighted by Crippen LogP contribution is -2.30. The average molecular weight is 494 g/mol. The fraction of sp³-hybridized carbons (Fsp3) is 0.167. The highest BCUT2D eigenvalue weighted by atomic mass is 79.9. The maximum atomic E-state index is 12.3. The lowest BCUT2D eigenvalue weighted by Gasteiger charge is -2.11. The van der Waals surface area contributed by atoms with Crippen molar-refractivity contribution in [3.8, 4) is 0 Å². The van der Waals surface area contributed by atoms with Gasteiger partial charge in [0.2, 0.25) is 0 Å². The Hall–Kier alpha value is -2.59. The molecule has 154 valence electrons. The Kier molecular flexibility index (Phi) is 7.26. The topological polar surface area (TPSA) is 84.5 Å². The van der Waals surface area contributed by atoms with E-state index in [1.54, 1.807) is 18.3 Å². The van der Waals surface area contributed by atoms with Crippen molar-refractivity contribution in [2.45, 2.75) is 13.1 Å². The SMILES string of the molecule is Cc1cc(Br)c(Cl)cc1NC(=O)COC(=O)c1cccc(NC(=O)C(F)(F)F)c1. The average Bonchev–Trinajstić information content (AvgIpc) is 2.63. The van der Waals surface area contributed by atoms with Crippen LogP contribution >= 0.6 is 27.5 Å². The first kappa shape index (κ1) is 22.7. The first-order chi connectivity index (χ1) is 13.5. The predicted octanol–water partition coefficient (Wildman–Crippen LogP) is 4.71. The zero-order chi connectivity index (χ0) is 21.8. The van der Waals surface area contributed by atoms with Crippen molar-refractivity contribution in [1.29, 1.82) is 0 Å². The van der Waals surface area contributed by atoms with E-state index in [1.165, 1.54) is 24.3 Å². The summed E-state index contributed by atoms with van der Waals surface area (Å²) in [6, 6.07) is 7.92. The molecule has 0 saturated carbocycles. The number of hydrogen-bond donors (Lipinski definition) is 2. The molecule has 0 aliphatic rings. The number of anilines is 2. The van der Waals surface area contributed by atoms with Crippen LogP contribution in [-0.4, -0.2) is 30.6 Å². The fourth-order valence-corrected chi connectivity index (χ4v) is 2.73. The minimum Gasteiger partial charge on any atom is -0.452 e. The van der Waals surface area contributed by atoms with Gasteiger partial charge < -0.3 is 15.4 Å². The summed E-state index contributed by atoms with van der Waals surface area (Å²) in [7, 11) is 0. The molecule has 0 aromatic heterocycles. The maximum absolute atomic E-state index is 12.3. The number of amides is 2. The first-order valence-corrected chi connectivity index (χ1v) is 9.05. The summed E-state index contributed by atoms with van der Waals surface area (Å²) in [6.07, 6.45) is -5.07. The molecule has 0 unspecified atom stereocenters. The monoisotopic (exact) mass is 492 g/mol. The molecule has 0 spiro atoms. The Bertz CT molecular complexity index is 967. The number of halogens is 5. The Labute approximate surface area is 176 Å². The second-order valence-corrected chi connectivity index (χ2v) is 7.00. The summed E-state index contributed by atoms with van der Waals surface area (Å²) >= 11 is 9.22. The third-order valence-corrected chi connectivity index (χ3v) is 4.69. The number of aryl methyl sites for hydroxylation is 1. The zero-order valence-electron chi connectivity index (χ0n) is 14.7. The number of rotatable bonds is 5. The van der Waals surface area contributed by atoms with Gasteiger partial charge in [-0.3, -0.25) is 9.59 Å². The van der Waals surface area contributed by atoms with E-state index in [1.807, 2.05) is 0 Å². The van der Waals surface area contributed by atoms with Gasteiger partial charge in [-0.15, -0.1) is 0 Å². The second-order valence-electron chi connectivity index (χ2n) is 5.74. The van der Waals surface area contributed by atoms with Gasteiger partial charge in [-0.05, 0) is 58.7 Å². The molecule has 0 heterocycles. The van der Waals surface area contributed by atoms with E-state index in [4.69, 9.17) is 16.3 Å². The summed E-state index contributed by atoms with van der Waals surface area (Å²) in [5, 5.41) is 4.53. The molecule has 0 radical (unpaired) electrons. The van der Waals surface area contributed by atoms with Gasteiger partial charge in [0.15, 0.2) is 6.61 Å². The van der Waals surface area contributed by atoms with Gasteiger partial charge in [0, 0.05) is 15.8 Å². The summed E-state index contributed by atoms with van der Waals surface area (Å²) in [4.78, 5) is 35.0. The molecule has 0 saturated heterocycles. The maximum Gasteiger partial charge on any atom is 0.471 e. The second kappa shape index (κ2) is 9.27. The van der Waals surface area contributed by atoms with Crippen LogP contribution in [0.15, 0.2) is 40.9 Å². The van der Waals surface area contributed by atoms with Crippen LogP contribution in [0.2, 0.25) is 5.02 Å². The zero-order valence-corrected chi connectivity index (χ0v) is 17.0. The number of carbonyl (C=O) groups is 3. The molecule has 2 N–H and O–H groups in total. The Balaban J connectivity index is 1.97. The minimum absolute atomic E-state index is 0.138. The van der Waals surface area contributed by atoms with Gasteiger partial charge in [0.25, 0.3) is 5.91 Å². The van der Waals surface area contributed by atoms with Crippen LogP contribution in [0.3, 0.4) is 0 Å². The largest absolute Gasteiger partial charge is 0.471 e. The van der Waals surface area contributed by atoms with Crippen molar-refractivity contribution in [2.75, 3.05) is 17.2 Å². The van der Waals surface area contributed by atoms with E-state index in [9.17, 15) is 27.6 Å². The van der Waals surface area contributed by atoms with Crippen LogP contribution in [0.4, 0.5) is 24.5 Å². The number of carbonyl (C=O) groups excluding carboxylic acids is 3. The smallest absolute Gasteiger partial charge is 0.452 e. The molecule has 0 bridgehead atoms. The first-order valence-electron chi connectivity index (χ1n) is 7.88. The van der Waals surface area contributed by atoms with Crippen molar-refractivity contribution in [3.63, 3.8) is 0 Å². The molecular formula is C18H13BrClF3N2O4. The van der Waals surface area contributed by atoms with Crippen molar-refractivity contribution >= 4 is 56.7 Å². The van der Waals surface area contributed by atoms with Crippen molar-refractivity contribution < 1.29 is 32.3 Å². The standard InChI is InChI=1S/C18H13BrClF3N2O4/c1-9-5-12(19)13(20)7-14(9)25-15(26)8-29-16(27)10-3-2-4-11(6-10)24-17(28)18(21,22)23/h2-7H,8H2,1H3,(H,24,28)(H,25,26). The van der Waals surface area contributed by atoms with Crippen LogP contribution in [0.5, 0.6) is 0 Å². The third kappa shape index (κ3) is 6.47. The van der Waals surface area contributed by atoms with E-state index in [-0.39, 0.29) is 11.3 Å². The van der Waals surface area contributed by atoms with Crippen molar-refractivity contribution in [1.82, 2.24) is 0 Å². The van der Waals surface area contributed by atoms with Crippen LogP contribution < -0.4 is 10.6 Å². The highest BCUT2D eigenvalue weighted by Gasteiger charge is 2.38. The number of benzene rings is 2. The van der Waals surface area contributed by atoms with Crippen molar-refractivity contribution in [3.05, 3.63) is 57.0 Å². The molecule has 6 nitrogen and oxygen atoms in total. The van der Waals surface area contributed by atoms with Crippen LogP contribution in [-0.2, 0) is 14.3 Å². The molecular weight excluding hydrogens is 481 g/mol. The van der Waals surface area contributed by atoms with Gasteiger partial charge in [-0.1, -0.05) is 17.7 Å². The van der Waals surface area contributed by atoms with Gasteiger partial charge in [0.05, 0.1) is 10.6 Å². The van der Waals surface area contributed by atoms with Crippen LogP contribution in [0, 0.1) is 6.92 Å². The lowest BCUT2D eigenvalue weighted by atomic mass is 10.2. The summed E-state index contributed by atoms with van der Waals surface area (Å²) in [5.74, 6) is -3.76. The lowest BCUT2D eigenvalue weighted by molar-refractivity contribution is -0.167. The van der Waals surface area contributed by atoms with Gasteiger partial charge in [-0.2, -0.15) is 13.2 Å². The highest BCUT2D eigenvalue weighted by Crippen LogP contribution is 2.29. The van der Waals surface area contributed by atoms with Crippen LogP contribution in [0.1, 0.15) is 15.9 Å². The van der Waals surface area contributed by atoms with Crippen molar-refractivity contribution in [2.24, 2.45) is 0 Å². The molecule has 2 aromatic rings. The number of esters is 1. The normalized spacial score (nSPS) is 11.0. The molecule has 2 aromatic carbocycles. The number of ether oxygens (including phenoxy) is 1. The molecule has 0 atom stereocenters. The van der Waals surface area contributed by atoms with E-state index in [0.29, 0.717) is 20.7 Å². The molecule has 2 rings (SSSR count). The summed E-state index contributed by atoms with van der Waals surface area (Å²) in [6.45, 7) is 1.11. The minimum atomic E-state index is -5.07. The van der Waals surface area contributed by atoms with E-state index < -0.39 is 30.6 Å². The van der Waals surface area contributed by atoms with Gasteiger partial charge in [-0.25, -0.2) is 4.79 Å². The Morgan fingerprint density at radius 3 is 2.48 bits per heavy atom. The van der Waals surface area contributed by atoms with E-state index >= 15 is 0 Å². The Morgan fingerprint density at radius 2 is 1.83 bits per heavy atom. The molecule has 29 heavy (non-hydrogen) atoms. The van der Waals surface area contributed by atoms with Gasteiger partial charge in [0.1, 0.15) is 0 Å². The number of hydrogen-bond acceptors (Lipinski definition) is 4. The summed E-state index contributed by atoms with van der Waals surface area (Å²) in [5.41, 5.74) is 0.761.